The second kappa shape index (κ2) is 5.82. The van der Waals surface area contributed by atoms with Gasteiger partial charge in [-0.05, 0) is 30.0 Å². The highest BCUT2D eigenvalue weighted by Gasteiger charge is 2.17. The predicted octanol–water partition coefficient (Wildman–Crippen LogP) is 2.54. The van der Waals surface area contributed by atoms with Gasteiger partial charge in [-0.15, -0.1) is 13.2 Å². The van der Waals surface area contributed by atoms with Crippen molar-refractivity contribution in [2.45, 2.75) is 12.8 Å². The third-order valence-electron chi connectivity index (χ3n) is 2.52. The van der Waals surface area contributed by atoms with Crippen LogP contribution in [0.2, 0.25) is 0 Å². The minimum atomic E-state index is -1.14. The molecule has 0 aromatic heterocycles. The van der Waals surface area contributed by atoms with Gasteiger partial charge >= 0.3 is 11.9 Å². The van der Waals surface area contributed by atoms with Gasteiger partial charge in [0.1, 0.15) is 0 Å². The molecule has 0 heterocycles. The molecule has 1 aromatic rings. The Morgan fingerprint density at radius 2 is 1.33 bits per heavy atom. The summed E-state index contributed by atoms with van der Waals surface area (Å²) >= 11 is 0. The average Bonchev–Trinajstić information content (AvgIpc) is 2.29. The number of hydrogen-bond donors (Lipinski definition) is 2. The summed E-state index contributed by atoms with van der Waals surface area (Å²) in [5.74, 6) is -2.28. The van der Waals surface area contributed by atoms with Crippen LogP contribution in [0.5, 0.6) is 0 Å². The van der Waals surface area contributed by atoms with Crippen molar-refractivity contribution in [1.82, 2.24) is 0 Å². The van der Waals surface area contributed by atoms with E-state index in [9.17, 15) is 9.59 Å². The quantitative estimate of drug-likeness (QED) is 0.756. The van der Waals surface area contributed by atoms with Crippen molar-refractivity contribution in [2.24, 2.45) is 0 Å². The van der Waals surface area contributed by atoms with Crippen LogP contribution in [0.3, 0.4) is 0 Å². The zero-order valence-electron chi connectivity index (χ0n) is 9.85. The summed E-state index contributed by atoms with van der Waals surface area (Å²) in [5, 5.41) is 18.1. The van der Waals surface area contributed by atoms with Crippen LogP contribution in [0.4, 0.5) is 0 Å². The van der Waals surface area contributed by atoms with Crippen molar-refractivity contribution in [3.63, 3.8) is 0 Å². The van der Waals surface area contributed by atoms with Crippen LogP contribution in [-0.4, -0.2) is 22.2 Å². The lowest BCUT2D eigenvalue weighted by molar-refractivity contribution is 0.0695. The van der Waals surface area contributed by atoms with Crippen molar-refractivity contribution in [2.75, 3.05) is 0 Å². The number of rotatable bonds is 6. The standard InChI is InChI=1S/C14H14O4/c1-3-5-9-7-10(6-4-2)12(14(17)18)8-11(9)13(15)16/h3-4,7-8H,1-2,5-6H2,(H,15,16)(H,17,18). The predicted molar refractivity (Wildman–Crippen MR) is 68.2 cm³/mol. The van der Waals surface area contributed by atoms with Crippen LogP contribution in [0.1, 0.15) is 31.8 Å². The highest BCUT2D eigenvalue weighted by atomic mass is 16.4. The first-order valence-corrected chi connectivity index (χ1v) is 5.35. The lowest BCUT2D eigenvalue weighted by atomic mass is 9.95. The molecule has 0 aliphatic carbocycles. The second-order valence-corrected chi connectivity index (χ2v) is 3.76. The zero-order valence-corrected chi connectivity index (χ0v) is 9.85. The monoisotopic (exact) mass is 246 g/mol. The molecule has 0 amide bonds. The van der Waals surface area contributed by atoms with E-state index in [1.54, 1.807) is 18.2 Å². The van der Waals surface area contributed by atoms with Crippen LogP contribution in [-0.2, 0) is 12.8 Å². The Labute approximate surface area is 105 Å². The summed E-state index contributed by atoms with van der Waals surface area (Å²) in [6.07, 6.45) is 3.93. The maximum absolute atomic E-state index is 11.1. The van der Waals surface area contributed by atoms with E-state index in [1.165, 1.54) is 6.07 Å². The average molecular weight is 246 g/mol. The lowest BCUT2D eigenvalue weighted by Crippen LogP contribution is -2.09. The van der Waals surface area contributed by atoms with Crippen molar-refractivity contribution in [3.05, 3.63) is 59.7 Å². The molecule has 0 radical (unpaired) electrons. The molecular formula is C14H14O4. The Bertz CT molecular complexity index is 472. The molecule has 0 spiro atoms. The number of aromatic carboxylic acids is 2. The summed E-state index contributed by atoms with van der Waals surface area (Å²) in [5.41, 5.74) is 1.11. The Morgan fingerprint density at radius 3 is 1.61 bits per heavy atom. The summed E-state index contributed by atoms with van der Waals surface area (Å²) in [6.45, 7) is 7.12. The Morgan fingerprint density at radius 1 is 0.944 bits per heavy atom. The summed E-state index contributed by atoms with van der Waals surface area (Å²) in [7, 11) is 0. The molecule has 4 nitrogen and oxygen atoms in total. The fourth-order valence-corrected chi connectivity index (χ4v) is 1.74. The van der Waals surface area contributed by atoms with Crippen LogP contribution in [0, 0.1) is 0 Å². The number of benzene rings is 1. The fourth-order valence-electron chi connectivity index (χ4n) is 1.74. The maximum Gasteiger partial charge on any atom is 0.335 e. The number of carboxylic acids is 2. The number of carboxylic acid groups (broad SMARTS) is 2. The van der Waals surface area contributed by atoms with Gasteiger partial charge in [-0.3, -0.25) is 0 Å². The van der Waals surface area contributed by atoms with E-state index in [-0.39, 0.29) is 11.1 Å². The minimum absolute atomic E-state index is 0.000104. The van der Waals surface area contributed by atoms with Crippen molar-refractivity contribution in [1.29, 1.82) is 0 Å². The van der Waals surface area contributed by atoms with Crippen LogP contribution < -0.4 is 0 Å². The highest BCUT2D eigenvalue weighted by Crippen LogP contribution is 2.19. The summed E-state index contributed by atoms with van der Waals surface area (Å²) in [4.78, 5) is 22.2. The normalized spacial score (nSPS) is 9.78. The molecule has 1 aromatic carbocycles. The van der Waals surface area contributed by atoms with Crippen molar-refractivity contribution < 1.29 is 19.8 Å². The van der Waals surface area contributed by atoms with Gasteiger partial charge in [0.05, 0.1) is 11.1 Å². The fraction of sp³-hybridized carbons (Fsp3) is 0.143. The van der Waals surface area contributed by atoms with Gasteiger partial charge in [-0.2, -0.15) is 0 Å². The molecular weight excluding hydrogens is 232 g/mol. The minimum Gasteiger partial charge on any atom is -0.478 e. The van der Waals surface area contributed by atoms with E-state index in [0.717, 1.165) is 0 Å². The molecule has 0 aliphatic rings. The molecule has 1 rings (SSSR count). The van der Waals surface area contributed by atoms with E-state index >= 15 is 0 Å². The van der Waals surface area contributed by atoms with Gasteiger partial charge in [0.25, 0.3) is 0 Å². The van der Waals surface area contributed by atoms with Gasteiger partial charge in [-0.25, -0.2) is 9.59 Å². The molecule has 0 saturated heterocycles. The molecule has 0 fully saturated rings. The van der Waals surface area contributed by atoms with Crippen molar-refractivity contribution in [3.8, 4) is 0 Å². The number of carbonyl (C=O) groups is 2. The highest BCUT2D eigenvalue weighted by molar-refractivity contribution is 5.96. The molecule has 2 N–H and O–H groups in total. The van der Waals surface area contributed by atoms with Gasteiger partial charge in [0, 0.05) is 0 Å². The Balaban J connectivity index is 3.48. The SMILES string of the molecule is C=CCc1cc(CC=C)c(C(=O)O)cc1C(=O)O. The topological polar surface area (TPSA) is 74.6 Å². The van der Waals surface area contributed by atoms with Gasteiger partial charge in [-0.1, -0.05) is 18.2 Å². The molecule has 0 unspecified atom stereocenters. The molecule has 0 atom stereocenters. The number of allylic oxidation sites excluding steroid dienone is 2. The molecule has 0 aliphatic heterocycles. The van der Waals surface area contributed by atoms with Gasteiger partial charge in [0.15, 0.2) is 0 Å². The molecule has 0 saturated carbocycles. The molecule has 94 valence electrons. The third-order valence-corrected chi connectivity index (χ3v) is 2.52. The first-order chi connectivity index (χ1) is 8.51. The van der Waals surface area contributed by atoms with E-state index in [1.807, 2.05) is 0 Å². The molecule has 18 heavy (non-hydrogen) atoms. The summed E-state index contributed by atoms with van der Waals surface area (Å²) in [6, 6.07) is 2.79. The van der Waals surface area contributed by atoms with E-state index < -0.39 is 11.9 Å². The second-order valence-electron chi connectivity index (χ2n) is 3.76. The van der Waals surface area contributed by atoms with Crippen LogP contribution in [0.25, 0.3) is 0 Å². The maximum atomic E-state index is 11.1. The van der Waals surface area contributed by atoms with Gasteiger partial charge < -0.3 is 10.2 Å². The largest absolute Gasteiger partial charge is 0.478 e. The Hall–Kier alpha value is -2.36. The molecule has 4 heteroatoms. The van der Waals surface area contributed by atoms with E-state index in [4.69, 9.17) is 10.2 Å². The number of hydrogen-bond acceptors (Lipinski definition) is 2. The third kappa shape index (κ3) is 2.85. The Kier molecular flexibility index (Phi) is 4.43. The van der Waals surface area contributed by atoms with Crippen LogP contribution >= 0.6 is 0 Å². The zero-order chi connectivity index (χ0) is 13.7. The first kappa shape index (κ1) is 13.7. The van der Waals surface area contributed by atoms with E-state index in [0.29, 0.717) is 24.0 Å². The van der Waals surface area contributed by atoms with Crippen LogP contribution in [0.15, 0.2) is 37.4 Å². The molecule has 0 bridgehead atoms. The van der Waals surface area contributed by atoms with Crippen molar-refractivity contribution >= 4 is 11.9 Å². The smallest absolute Gasteiger partial charge is 0.335 e. The lowest BCUT2D eigenvalue weighted by Gasteiger charge is -2.10. The van der Waals surface area contributed by atoms with Gasteiger partial charge in [0.2, 0.25) is 0 Å². The van der Waals surface area contributed by atoms with E-state index in [2.05, 4.69) is 13.2 Å². The first-order valence-electron chi connectivity index (χ1n) is 5.35. The summed E-state index contributed by atoms with van der Waals surface area (Å²) < 4.78 is 0.